The Morgan fingerprint density at radius 2 is 1.97 bits per heavy atom. The molecule has 0 radical (unpaired) electrons. The molecule has 3 heterocycles. The van der Waals surface area contributed by atoms with E-state index in [1.807, 2.05) is 35.2 Å². The lowest BCUT2D eigenvalue weighted by Crippen LogP contribution is -2.38. The van der Waals surface area contributed by atoms with Crippen LogP contribution < -0.4 is 14.8 Å². The molecule has 1 N–H and O–H groups in total. The van der Waals surface area contributed by atoms with Gasteiger partial charge in [-0.3, -0.25) is 9.78 Å². The summed E-state index contributed by atoms with van der Waals surface area (Å²) in [5.74, 6) is 1.80. The lowest BCUT2D eigenvalue weighted by Gasteiger charge is -2.28. The number of rotatable bonds is 7. The van der Waals surface area contributed by atoms with Crippen molar-refractivity contribution < 1.29 is 18.8 Å². The molecule has 1 saturated heterocycles. The van der Waals surface area contributed by atoms with Crippen LogP contribution in [0.2, 0.25) is 0 Å². The van der Waals surface area contributed by atoms with Crippen LogP contribution in [-0.2, 0) is 4.79 Å². The topological polar surface area (TPSA) is 89.7 Å². The van der Waals surface area contributed by atoms with Gasteiger partial charge in [0, 0.05) is 42.7 Å². The third-order valence-electron chi connectivity index (χ3n) is 5.42. The van der Waals surface area contributed by atoms with Crippen molar-refractivity contribution in [2.75, 3.05) is 26.1 Å². The van der Waals surface area contributed by atoms with Gasteiger partial charge in [-0.1, -0.05) is 11.2 Å². The smallest absolute Gasteiger partial charge is 0.252 e. The summed E-state index contributed by atoms with van der Waals surface area (Å²) in [6.07, 6.45) is 3.56. The van der Waals surface area contributed by atoms with Gasteiger partial charge in [-0.25, -0.2) is 0 Å². The van der Waals surface area contributed by atoms with E-state index in [0.717, 1.165) is 18.5 Å². The standard InChI is InChI=1S/C23H26N4O4/c1-15-11-20(26-31-15)22(25-16-12-17(29-2)14-18(13-16)30-3)23(28)27-10-6-8-21(27)19-7-4-5-9-24-19/h4-5,7,9,11-14,21-22,25H,6,8,10H2,1-3H3. The Balaban J connectivity index is 1.66. The van der Waals surface area contributed by atoms with Gasteiger partial charge in [0.05, 0.1) is 26.0 Å². The number of ether oxygens (including phenoxy) is 2. The number of carbonyl (C=O) groups excluding carboxylic acids is 1. The number of amides is 1. The van der Waals surface area contributed by atoms with Crippen molar-refractivity contribution in [3.05, 3.63) is 65.8 Å². The molecule has 8 heteroatoms. The Labute approximate surface area is 181 Å². The molecule has 0 aliphatic carbocycles. The molecule has 31 heavy (non-hydrogen) atoms. The van der Waals surface area contributed by atoms with Gasteiger partial charge in [-0.2, -0.15) is 0 Å². The van der Waals surface area contributed by atoms with Crippen LogP contribution in [0, 0.1) is 6.92 Å². The van der Waals surface area contributed by atoms with Gasteiger partial charge in [-0.05, 0) is 31.9 Å². The SMILES string of the molecule is COc1cc(NC(C(=O)N2CCCC2c2ccccn2)c2cc(C)on2)cc(OC)c1. The number of anilines is 1. The van der Waals surface area contributed by atoms with Gasteiger partial charge in [0.2, 0.25) is 0 Å². The van der Waals surface area contributed by atoms with Crippen molar-refractivity contribution in [1.29, 1.82) is 0 Å². The number of carbonyl (C=O) groups is 1. The number of methoxy groups -OCH3 is 2. The zero-order chi connectivity index (χ0) is 21.8. The molecule has 4 rings (SSSR count). The van der Waals surface area contributed by atoms with Crippen LogP contribution in [-0.4, -0.2) is 41.7 Å². The van der Waals surface area contributed by atoms with E-state index in [1.54, 1.807) is 39.5 Å². The first-order chi connectivity index (χ1) is 15.1. The van der Waals surface area contributed by atoms with Crippen molar-refractivity contribution in [2.24, 2.45) is 0 Å². The van der Waals surface area contributed by atoms with Crippen molar-refractivity contribution >= 4 is 11.6 Å². The number of pyridine rings is 1. The molecule has 2 atom stereocenters. The third-order valence-corrected chi connectivity index (χ3v) is 5.42. The molecule has 0 saturated carbocycles. The molecular weight excluding hydrogens is 396 g/mol. The normalized spacial score (nSPS) is 16.7. The highest BCUT2D eigenvalue weighted by atomic mass is 16.5. The number of likely N-dealkylation sites (tertiary alicyclic amines) is 1. The predicted octanol–water partition coefficient (Wildman–Crippen LogP) is 3.91. The number of nitrogens with one attached hydrogen (secondary N) is 1. The molecule has 1 fully saturated rings. The molecule has 1 aliphatic heterocycles. The largest absolute Gasteiger partial charge is 0.497 e. The maximum absolute atomic E-state index is 13.7. The molecule has 1 amide bonds. The summed E-state index contributed by atoms with van der Waals surface area (Å²) in [6.45, 7) is 2.47. The average Bonchev–Trinajstić information content (AvgIpc) is 3.46. The fraction of sp³-hybridized carbons (Fsp3) is 0.348. The minimum Gasteiger partial charge on any atom is -0.497 e. The molecule has 3 aromatic rings. The van der Waals surface area contributed by atoms with E-state index in [1.165, 1.54) is 0 Å². The molecule has 1 aromatic carbocycles. The van der Waals surface area contributed by atoms with Crippen LogP contribution in [0.1, 0.15) is 42.1 Å². The van der Waals surface area contributed by atoms with Crippen LogP contribution >= 0.6 is 0 Å². The summed E-state index contributed by atoms with van der Waals surface area (Å²) in [6, 6.07) is 12.2. The fourth-order valence-corrected chi connectivity index (χ4v) is 3.92. The lowest BCUT2D eigenvalue weighted by molar-refractivity contribution is -0.133. The number of benzene rings is 1. The fourth-order valence-electron chi connectivity index (χ4n) is 3.92. The maximum Gasteiger partial charge on any atom is 0.252 e. The number of nitrogens with zero attached hydrogens (tertiary/aromatic N) is 3. The molecular formula is C23H26N4O4. The third kappa shape index (κ3) is 4.47. The molecule has 8 nitrogen and oxygen atoms in total. The highest BCUT2D eigenvalue weighted by Crippen LogP contribution is 2.35. The van der Waals surface area contributed by atoms with E-state index in [4.69, 9.17) is 14.0 Å². The second kappa shape index (κ2) is 9.07. The van der Waals surface area contributed by atoms with Gasteiger partial charge in [0.25, 0.3) is 5.91 Å². The Morgan fingerprint density at radius 1 is 1.19 bits per heavy atom. The van der Waals surface area contributed by atoms with Gasteiger partial charge in [0.1, 0.15) is 23.0 Å². The average molecular weight is 422 g/mol. The van der Waals surface area contributed by atoms with Gasteiger partial charge in [0.15, 0.2) is 6.04 Å². The van der Waals surface area contributed by atoms with Crippen molar-refractivity contribution in [2.45, 2.75) is 31.8 Å². The lowest BCUT2D eigenvalue weighted by atomic mass is 10.1. The Morgan fingerprint density at radius 3 is 2.58 bits per heavy atom. The zero-order valence-electron chi connectivity index (χ0n) is 17.9. The summed E-state index contributed by atoms with van der Waals surface area (Å²) in [4.78, 5) is 20.1. The Hall–Kier alpha value is -3.55. The number of hydrogen-bond acceptors (Lipinski definition) is 7. The predicted molar refractivity (Wildman–Crippen MR) is 115 cm³/mol. The van der Waals surface area contributed by atoms with Gasteiger partial charge < -0.3 is 24.2 Å². The first-order valence-electron chi connectivity index (χ1n) is 10.2. The maximum atomic E-state index is 13.7. The first-order valence-corrected chi connectivity index (χ1v) is 10.2. The van der Waals surface area contributed by atoms with Crippen LogP contribution in [0.4, 0.5) is 5.69 Å². The number of aryl methyl sites for hydroxylation is 1. The van der Waals surface area contributed by atoms with Crippen molar-refractivity contribution in [1.82, 2.24) is 15.0 Å². The highest BCUT2D eigenvalue weighted by molar-refractivity contribution is 5.86. The van der Waals surface area contributed by atoms with E-state index < -0.39 is 6.04 Å². The molecule has 162 valence electrons. The highest BCUT2D eigenvalue weighted by Gasteiger charge is 2.36. The van der Waals surface area contributed by atoms with E-state index in [9.17, 15) is 4.79 Å². The van der Waals surface area contributed by atoms with Crippen molar-refractivity contribution in [3.63, 3.8) is 0 Å². The van der Waals surface area contributed by atoms with E-state index >= 15 is 0 Å². The van der Waals surface area contributed by atoms with Gasteiger partial charge in [-0.15, -0.1) is 0 Å². The van der Waals surface area contributed by atoms with E-state index in [0.29, 0.717) is 35.2 Å². The second-order valence-corrected chi connectivity index (χ2v) is 7.49. The summed E-state index contributed by atoms with van der Waals surface area (Å²) in [7, 11) is 3.17. The molecule has 0 spiro atoms. The Bertz CT molecular complexity index is 1010. The molecule has 1 aliphatic rings. The zero-order valence-corrected chi connectivity index (χ0v) is 17.9. The van der Waals surface area contributed by atoms with Crippen LogP contribution in [0.15, 0.2) is 53.2 Å². The van der Waals surface area contributed by atoms with Crippen LogP contribution in [0.3, 0.4) is 0 Å². The molecule has 2 aromatic heterocycles. The Kier molecular flexibility index (Phi) is 6.06. The molecule has 2 unspecified atom stereocenters. The minimum absolute atomic E-state index is 0.0640. The van der Waals surface area contributed by atoms with E-state index in [2.05, 4.69) is 15.5 Å². The molecule has 0 bridgehead atoms. The van der Waals surface area contributed by atoms with Gasteiger partial charge >= 0.3 is 0 Å². The number of aromatic nitrogens is 2. The summed E-state index contributed by atoms with van der Waals surface area (Å²) in [5, 5.41) is 7.44. The quantitative estimate of drug-likeness (QED) is 0.617. The summed E-state index contributed by atoms with van der Waals surface area (Å²) in [5.41, 5.74) is 2.10. The number of hydrogen-bond donors (Lipinski definition) is 1. The summed E-state index contributed by atoms with van der Waals surface area (Å²) >= 11 is 0. The second-order valence-electron chi connectivity index (χ2n) is 7.49. The van der Waals surface area contributed by atoms with Crippen molar-refractivity contribution in [3.8, 4) is 11.5 Å². The van der Waals surface area contributed by atoms with Crippen LogP contribution in [0.25, 0.3) is 0 Å². The summed E-state index contributed by atoms with van der Waals surface area (Å²) < 4.78 is 16.0. The monoisotopic (exact) mass is 422 g/mol. The van der Waals surface area contributed by atoms with E-state index in [-0.39, 0.29) is 11.9 Å². The minimum atomic E-state index is -0.724. The van der Waals surface area contributed by atoms with Crippen LogP contribution in [0.5, 0.6) is 11.5 Å². The first kappa shape index (κ1) is 20.7.